The molecule has 31 nitrogen and oxygen atoms in total. The van der Waals surface area contributed by atoms with Gasteiger partial charge in [-0.2, -0.15) is 63.6 Å². The molecule has 0 aliphatic heterocycles. The minimum absolute atomic E-state index is 0.00453. The van der Waals surface area contributed by atoms with Crippen LogP contribution >= 0.6 is 23.2 Å². The number of aromatic hydroxyl groups is 1. The first kappa shape index (κ1) is 56.6. The molecule has 0 fully saturated rings. The normalized spacial score (nSPS) is 13.8. The molecule has 4 aromatic carbocycles. The van der Waals surface area contributed by atoms with Gasteiger partial charge in [0, 0.05) is 31.0 Å². The van der Waals surface area contributed by atoms with Crippen LogP contribution in [0.3, 0.4) is 0 Å². The molecule has 0 saturated heterocycles. The molecule has 2 aromatic heterocycles. The second-order valence-corrected chi connectivity index (χ2v) is 21.8. The Morgan fingerprint density at radius 3 is 1.47 bits per heavy atom. The van der Waals surface area contributed by atoms with Crippen LogP contribution in [-0.4, -0.2) is 140 Å². The Morgan fingerprint density at radius 2 is 1.01 bits per heavy atom. The first-order valence-electron chi connectivity index (χ1n) is 20.3. The van der Waals surface area contributed by atoms with E-state index in [2.05, 4.69) is 66.3 Å². The number of hydrogen-bond acceptors (Lipinski definition) is 27. The monoisotopic (exact) mass is 1150 g/mol. The quantitative estimate of drug-likeness (QED) is 0.0285. The second-order valence-electron chi connectivity index (χ2n) is 15.5. The summed E-state index contributed by atoms with van der Waals surface area (Å²) in [5.74, 6) is -2.08. The Labute approximate surface area is 428 Å². The lowest BCUT2D eigenvalue weighted by Crippen LogP contribution is -2.37. The van der Waals surface area contributed by atoms with E-state index < -0.39 is 123 Å². The zero-order valence-corrected chi connectivity index (χ0v) is 42.5. The number of hydrogen-bond donors (Lipinski definition) is 12. The van der Waals surface area contributed by atoms with Gasteiger partial charge in [0.05, 0.1) is 29.4 Å². The molecule has 0 radical (unpaired) electrons. The van der Waals surface area contributed by atoms with Crippen molar-refractivity contribution in [2.24, 2.45) is 20.5 Å². The largest absolute Gasteiger partial charge is 0.505 e. The molecule has 6 aromatic rings. The number of benzene rings is 4. The van der Waals surface area contributed by atoms with Crippen molar-refractivity contribution in [3.63, 3.8) is 0 Å². The van der Waals surface area contributed by atoms with E-state index in [-0.39, 0.29) is 65.4 Å². The highest BCUT2D eigenvalue weighted by Crippen LogP contribution is 2.49. The van der Waals surface area contributed by atoms with Crippen molar-refractivity contribution in [1.29, 1.82) is 0 Å². The van der Waals surface area contributed by atoms with Crippen LogP contribution in [0.5, 0.6) is 5.75 Å². The van der Waals surface area contributed by atoms with E-state index in [1.807, 2.05) is 0 Å². The second kappa shape index (κ2) is 22.0. The standard InChI is InChI=1S/C37H39Cl2N15O16S4/c1-15(55)12-41-34-44-32(38)45-35(48-34)42-19-4-6-23(71(59,60)61)21(10-19)50-52-29-25(73(65,66)67)8-18-9-26(74(68,69)70)30(31(58)27(18)28(29)40)53-51-22-11-20(5-7-24(22)72(62,63)64)43-36-46-33(39)47-37(49-36)54(13-16(2)56)14-17(3)57/h4-11,15-17,55-58H,12-14,40H2,1-3H3,(H,59,60,61)(H,62,63,64)(H,65,66,67)(H,68,69,70)(H,43,46,47,49)(H2,41,42,44,45,48)/b52-50+,53-51+. The van der Waals surface area contributed by atoms with E-state index in [0.717, 1.165) is 36.4 Å². The molecule has 0 bridgehead atoms. The molecule has 3 atom stereocenters. The molecule has 396 valence electrons. The van der Waals surface area contributed by atoms with E-state index in [9.17, 15) is 72.3 Å². The van der Waals surface area contributed by atoms with E-state index in [4.69, 9.17) is 28.9 Å². The SMILES string of the molecule is CC(O)CNc1nc(Cl)nc(Nc2ccc(S(=O)(=O)O)c(/N=N/c3c(S(=O)(=O)O)cc4cc(S(=O)(=O)O)c(/N=N/c5cc(Nc6nc(Cl)nc(N(CC(C)O)CC(C)O)n6)ccc5S(=O)(=O)O)c(O)c4c3N)c2)n1. The summed E-state index contributed by atoms with van der Waals surface area (Å²) in [4.78, 5) is 20.9. The van der Waals surface area contributed by atoms with Gasteiger partial charge in [-0.25, -0.2) is 0 Å². The number of aromatic nitrogens is 6. The number of phenols is 1. The van der Waals surface area contributed by atoms with Crippen LogP contribution in [0.25, 0.3) is 10.8 Å². The van der Waals surface area contributed by atoms with Crippen molar-refractivity contribution < 1.29 is 72.3 Å². The van der Waals surface area contributed by atoms with Crippen LogP contribution in [-0.2, 0) is 40.5 Å². The number of phenolic OH excluding ortho intramolecular Hbond substituents is 1. The van der Waals surface area contributed by atoms with Crippen LogP contribution in [0.2, 0.25) is 10.6 Å². The first-order chi connectivity index (χ1) is 34.3. The lowest BCUT2D eigenvalue weighted by Gasteiger charge is -2.25. The molecule has 3 unspecified atom stereocenters. The molecule has 0 saturated carbocycles. The number of nitrogens with two attached hydrogens (primary N) is 1. The van der Waals surface area contributed by atoms with Gasteiger partial charge in [-0.1, -0.05) is 0 Å². The van der Waals surface area contributed by atoms with Gasteiger partial charge >= 0.3 is 0 Å². The van der Waals surface area contributed by atoms with Crippen LogP contribution in [0.1, 0.15) is 20.8 Å². The summed E-state index contributed by atoms with van der Waals surface area (Å²) in [7, 11) is -21.3. The Kier molecular flexibility index (Phi) is 16.8. The smallest absolute Gasteiger partial charge is 0.296 e. The number of fused-ring (bicyclic) bond motifs is 1. The minimum Gasteiger partial charge on any atom is -0.505 e. The Bertz CT molecular complexity index is 3700. The maximum atomic E-state index is 12.8. The molecule has 6 rings (SSSR count). The van der Waals surface area contributed by atoms with E-state index in [1.165, 1.54) is 25.7 Å². The zero-order valence-electron chi connectivity index (χ0n) is 37.7. The fourth-order valence-electron chi connectivity index (χ4n) is 6.49. The molecule has 0 spiro atoms. The Morgan fingerprint density at radius 1 is 0.581 bits per heavy atom. The van der Waals surface area contributed by atoms with Crippen molar-refractivity contribution in [1.82, 2.24) is 29.9 Å². The number of aliphatic hydroxyl groups excluding tert-OH is 3. The van der Waals surface area contributed by atoms with E-state index in [0.29, 0.717) is 12.1 Å². The Balaban J connectivity index is 1.48. The van der Waals surface area contributed by atoms with Crippen molar-refractivity contribution >= 4 is 138 Å². The third-order valence-corrected chi connectivity index (χ3v) is 13.3. The predicted molar refractivity (Wildman–Crippen MR) is 263 cm³/mol. The summed E-state index contributed by atoms with van der Waals surface area (Å²) in [6, 6.07) is 6.66. The summed E-state index contributed by atoms with van der Waals surface area (Å²) in [5.41, 5.74) is 1.40. The van der Waals surface area contributed by atoms with Crippen LogP contribution in [0.15, 0.2) is 88.6 Å². The van der Waals surface area contributed by atoms with Crippen LogP contribution in [0, 0.1) is 0 Å². The summed E-state index contributed by atoms with van der Waals surface area (Å²) in [6.07, 6.45) is -2.68. The fraction of sp³-hybridized carbons (Fsp3) is 0.243. The lowest BCUT2D eigenvalue weighted by molar-refractivity contribution is 0.177. The number of nitrogens with one attached hydrogen (secondary N) is 3. The number of nitrogen functional groups attached to an aromatic ring is 1. The maximum Gasteiger partial charge on any atom is 0.296 e. The van der Waals surface area contributed by atoms with Crippen LogP contribution in [0.4, 0.5) is 63.6 Å². The fourth-order valence-corrected chi connectivity index (χ4v) is 9.34. The zero-order chi connectivity index (χ0) is 54.8. The third-order valence-electron chi connectivity index (χ3n) is 9.38. The van der Waals surface area contributed by atoms with Gasteiger partial charge in [0.15, 0.2) is 5.75 Å². The summed E-state index contributed by atoms with van der Waals surface area (Å²) in [5, 5.41) is 62.1. The predicted octanol–water partition coefficient (Wildman–Crippen LogP) is 4.47. The van der Waals surface area contributed by atoms with Crippen LogP contribution < -0.4 is 26.6 Å². The number of halogens is 2. The molecule has 0 amide bonds. The van der Waals surface area contributed by atoms with Gasteiger partial charge in [0.2, 0.25) is 34.4 Å². The topological polar surface area (TPSA) is 491 Å². The number of azo groups is 2. The number of anilines is 7. The highest BCUT2D eigenvalue weighted by atomic mass is 35.5. The average molecular weight is 1150 g/mol. The molecular weight excluding hydrogens is 1110 g/mol. The Hall–Kier alpha value is -6.74. The molecule has 13 N–H and O–H groups in total. The molecule has 2 heterocycles. The highest BCUT2D eigenvalue weighted by molar-refractivity contribution is 7.86. The van der Waals surface area contributed by atoms with Gasteiger partial charge in [-0.3, -0.25) is 18.2 Å². The summed E-state index contributed by atoms with van der Waals surface area (Å²) < 4.78 is 142. The van der Waals surface area contributed by atoms with Gasteiger partial charge < -0.3 is 47.0 Å². The van der Waals surface area contributed by atoms with Gasteiger partial charge in [0.1, 0.15) is 42.3 Å². The minimum atomic E-state index is -5.52. The summed E-state index contributed by atoms with van der Waals surface area (Å²) in [6.45, 7) is 4.26. The molecule has 0 aliphatic rings. The number of rotatable bonds is 20. The molecule has 74 heavy (non-hydrogen) atoms. The van der Waals surface area contributed by atoms with Gasteiger partial charge in [0.25, 0.3) is 40.5 Å². The number of nitrogens with zero attached hydrogens (tertiary/aromatic N) is 11. The maximum absolute atomic E-state index is 12.8. The van der Waals surface area contributed by atoms with Crippen molar-refractivity contribution in [3.05, 3.63) is 59.1 Å². The van der Waals surface area contributed by atoms with Gasteiger partial charge in [-0.15, -0.1) is 20.5 Å². The van der Waals surface area contributed by atoms with E-state index >= 15 is 0 Å². The average Bonchev–Trinajstić information content (AvgIpc) is 3.25. The van der Waals surface area contributed by atoms with E-state index in [1.54, 1.807) is 0 Å². The highest BCUT2D eigenvalue weighted by Gasteiger charge is 2.29. The van der Waals surface area contributed by atoms with Gasteiger partial charge in [-0.05, 0) is 97.9 Å². The number of aliphatic hydroxyl groups is 3. The molecule has 37 heteroatoms. The first-order valence-corrected chi connectivity index (χ1v) is 26.8. The molecular formula is C37H39Cl2N15O16S4. The van der Waals surface area contributed by atoms with Crippen molar-refractivity contribution in [3.8, 4) is 5.75 Å². The van der Waals surface area contributed by atoms with Crippen molar-refractivity contribution in [2.75, 3.05) is 46.2 Å². The molecule has 0 aliphatic carbocycles. The van der Waals surface area contributed by atoms with Crippen molar-refractivity contribution in [2.45, 2.75) is 58.7 Å². The lowest BCUT2D eigenvalue weighted by atomic mass is 10.1. The third kappa shape index (κ3) is 14.1. The summed E-state index contributed by atoms with van der Waals surface area (Å²) >= 11 is 12.1.